The Kier molecular flexibility index (Phi) is 56.4. The molecule has 0 aliphatic rings. The van der Waals surface area contributed by atoms with Crippen LogP contribution < -0.4 is 0 Å². The van der Waals surface area contributed by atoms with E-state index in [1.54, 1.807) is 0 Å². The topological polar surface area (TPSA) is 78.9 Å². The SMILES string of the molecule is CC/C=C\C/C=C\C/C=C\C/C=C\C/C=C\C/C=C\C/C=C\C/C=C\C/C=C\CCCC(=O)OCC(COC(=O)CCCCCCCC)OC(=O)CCCCCCCCCCCCCCCCCCCCC. The predicted molar refractivity (Wildman–Crippen MR) is 311 cm³/mol. The fourth-order valence-corrected chi connectivity index (χ4v) is 8.09. The summed E-state index contributed by atoms with van der Waals surface area (Å²) in [5, 5.41) is 0. The highest BCUT2D eigenvalue weighted by Crippen LogP contribution is 2.16. The minimum atomic E-state index is -0.798. The van der Waals surface area contributed by atoms with Gasteiger partial charge in [-0.25, -0.2) is 0 Å². The molecule has 0 fully saturated rings. The van der Waals surface area contributed by atoms with E-state index in [0.717, 1.165) is 103 Å². The Morgan fingerprint density at radius 3 is 0.847 bits per heavy atom. The number of carbonyl (C=O) groups excluding carboxylic acids is 3. The summed E-state index contributed by atoms with van der Waals surface area (Å²) in [7, 11) is 0. The van der Waals surface area contributed by atoms with Gasteiger partial charge < -0.3 is 14.2 Å². The van der Waals surface area contributed by atoms with Crippen LogP contribution in [0.5, 0.6) is 0 Å². The normalized spacial score (nSPS) is 12.9. The van der Waals surface area contributed by atoms with Gasteiger partial charge in [-0.1, -0.05) is 278 Å². The minimum Gasteiger partial charge on any atom is -0.462 e. The van der Waals surface area contributed by atoms with Crippen molar-refractivity contribution in [3.05, 3.63) is 109 Å². The van der Waals surface area contributed by atoms with E-state index in [9.17, 15) is 14.4 Å². The van der Waals surface area contributed by atoms with Crippen molar-refractivity contribution in [2.75, 3.05) is 13.2 Å². The second kappa shape index (κ2) is 59.6. The van der Waals surface area contributed by atoms with Crippen molar-refractivity contribution in [1.82, 2.24) is 0 Å². The molecule has 0 saturated carbocycles. The van der Waals surface area contributed by atoms with Crippen LogP contribution in [0.3, 0.4) is 0 Å². The lowest BCUT2D eigenvalue weighted by atomic mass is 10.0. The summed E-state index contributed by atoms with van der Waals surface area (Å²) in [5.74, 6) is -0.963. The molecular formula is C66H110O6. The number of ether oxygens (including phenoxy) is 3. The zero-order valence-corrected chi connectivity index (χ0v) is 46.9. The summed E-state index contributed by atoms with van der Waals surface area (Å²) in [6, 6.07) is 0. The summed E-state index contributed by atoms with van der Waals surface area (Å²) >= 11 is 0. The third-order valence-corrected chi connectivity index (χ3v) is 12.5. The second-order valence-corrected chi connectivity index (χ2v) is 19.5. The summed E-state index contributed by atoms with van der Waals surface area (Å²) < 4.78 is 16.7. The van der Waals surface area contributed by atoms with Gasteiger partial charge in [0.1, 0.15) is 13.2 Å². The third-order valence-electron chi connectivity index (χ3n) is 12.5. The van der Waals surface area contributed by atoms with E-state index in [0.29, 0.717) is 19.3 Å². The molecule has 72 heavy (non-hydrogen) atoms. The zero-order chi connectivity index (χ0) is 52.2. The van der Waals surface area contributed by atoms with E-state index < -0.39 is 6.10 Å². The Morgan fingerprint density at radius 1 is 0.292 bits per heavy atom. The van der Waals surface area contributed by atoms with Crippen molar-refractivity contribution in [1.29, 1.82) is 0 Å². The van der Waals surface area contributed by atoms with Crippen LogP contribution in [0.25, 0.3) is 0 Å². The lowest BCUT2D eigenvalue weighted by molar-refractivity contribution is -0.167. The van der Waals surface area contributed by atoms with E-state index in [2.05, 4.69) is 130 Å². The average molecular weight is 1000 g/mol. The van der Waals surface area contributed by atoms with Crippen LogP contribution in [0.2, 0.25) is 0 Å². The minimum absolute atomic E-state index is 0.0948. The van der Waals surface area contributed by atoms with Crippen LogP contribution in [0.4, 0.5) is 0 Å². The van der Waals surface area contributed by atoms with Gasteiger partial charge in [0.15, 0.2) is 6.10 Å². The van der Waals surface area contributed by atoms with Crippen molar-refractivity contribution < 1.29 is 28.6 Å². The first kappa shape index (κ1) is 68.1. The van der Waals surface area contributed by atoms with E-state index in [1.165, 1.54) is 122 Å². The molecule has 0 N–H and O–H groups in total. The maximum Gasteiger partial charge on any atom is 0.306 e. The maximum absolute atomic E-state index is 12.8. The lowest BCUT2D eigenvalue weighted by Crippen LogP contribution is -2.30. The maximum atomic E-state index is 12.8. The highest BCUT2D eigenvalue weighted by Gasteiger charge is 2.19. The van der Waals surface area contributed by atoms with Gasteiger partial charge in [-0.3, -0.25) is 14.4 Å². The second-order valence-electron chi connectivity index (χ2n) is 19.5. The third kappa shape index (κ3) is 57.0. The summed E-state index contributed by atoms with van der Waals surface area (Å²) in [5.41, 5.74) is 0. The molecule has 0 spiro atoms. The number of unbranched alkanes of at least 4 members (excludes halogenated alkanes) is 24. The van der Waals surface area contributed by atoms with Gasteiger partial charge in [0, 0.05) is 19.3 Å². The van der Waals surface area contributed by atoms with Crippen LogP contribution in [-0.4, -0.2) is 37.2 Å². The monoisotopic (exact) mass is 999 g/mol. The molecular weight excluding hydrogens is 889 g/mol. The van der Waals surface area contributed by atoms with Gasteiger partial charge in [-0.15, -0.1) is 0 Å². The van der Waals surface area contributed by atoms with Gasteiger partial charge in [-0.05, 0) is 83.5 Å². The molecule has 0 radical (unpaired) electrons. The number of rotatable bonds is 53. The van der Waals surface area contributed by atoms with E-state index in [4.69, 9.17) is 14.2 Å². The number of esters is 3. The first-order valence-corrected chi connectivity index (χ1v) is 29.9. The van der Waals surface area contributed by atoms with Crippen LogP contribution in [-0.2, 0) is 28.6 Å². The molecule has 0 aliphatic heterocycles. The zero-order valence-electron chi connectivity index (χ0n) is 46.9. The first-order chi connectivity index (χ1) is 35.5. The Bertz CT molecular complexity index is 1470. The molecule has 410 valence electrons. The molecule has 0 aromatic heterocycles. The van der Waals surface area contributed by atoms with E-state index >= 15 is 0 Å². The number of allylic oxidation sites excluding steroid dienone is 18. The Balaban J connectivity index is 4.25. The molecule has 0 rings (SSSR count). The summed E-state index contributed by atoms with van der Waals surface area (Å²) in [4.78, 5) is 37.9. The Labute approximate surface area is 444 Å². The highest BCUT2D eigenvalue weighted by molar-refractivity contribution is 5.71. The van der Waals surface area contributed by atoms with E-state index in [1.807, 2.05) is 0 Å². The first-order valence-electron chi connectivity index (χ1n) is 29.9. The molecule has 0 aromatic rings. The van der Waals surface area contributed by atoms with Gasteiger partial charge >= 0.3 is 17.9 Å². The van der Waals surface area contributed by atoms with Gasteiger partial charge in [0.2, 0.25) is 0 Å². The highest BCUT2D eigenvalue weighted by atomic mass is 16.6. The van der Waals surface area contributed by atoms with Crippen LogP contribution in [0, 0.1) is 0 Å². The molecule has 0 aliphatic carbocycles. The molecule has 1 unspecified atom stereocenters. The molecule has 0 heterocycles. The average Bonchev–Trinajstić information content (AvgIpc) is 3.38. The van der Waals surface area contributed by atoms with Crippen molar-refractivity contribution in [2.45, 2.75) is 277 Å². The quantitative estimate of drug-likeness (QED) is 0.0261. The largest absolute Gasteiger partial charge is 0.462 e. The van der Waals surface area contributed by atoms with Crippen molar-refractivity contribution in [3.63, 3.8) is 0 Å². The Morgan fingerprint density at radius 2 is 0.542 bits per heavy atom. The van der Waals surface area contributed by atoms with Gasteiger partial charge in [-0.2, -0.15) is 0 Å². The van der Waals surface area contributed by atoms with Crippen molar-refractivity contribution in [2.24, 2.45) is 0 Å². The fraction of sp³-hybridized carbons (Fsp3) is 0.682. The molecule has 0 aromatic carbocycles. The molecule has 0 bridgehead atoms. The summed E-state index contributed by atoms with van der Waals surface area (Å²) in [6.07, 6.45) is 81.3. The molecule has 6 nitrogen and oxygen atoms in total. The van der Waals surface area contributed by atoms with Crippen molar-refractivity contribution in [3.8, 4) is 0 Å². The van der Waals surface area contributed by atoms with Crippen LogP contribution in [0.15, 0.2) is 109 Å². The van der Waals surface area contributed by atoms with Gasteiger partial charge in [0.05, 0.1) is 0 Å². The Hall–Kier alpha value is -3.93. The number of hydrogen-bond donors (Lipinski definition) is 0. The van der Waals surface area contributed by atoms with Crippen molar-refractivity contribution >= 4 is 17.9 Å². The number of hydrogen-bond acceptors (Lipinski definition) is 6. The molecule has 0 amide bonds. The fourth-order valence-electron chi connectivity index (χ4n) is 8.09. The smallest absolute Gasteiger partial charge is 0.306 e. The van der Waals surface area contributed by atoms with Crippen LogP contribution in [0.1, 0.15) is 271 Å². The number of carbonyl (C=O) groups is 3. The van der Waals surface area contributed by atoms with Crippen LogP contribution >= 0.6 is 0 Å². The predicted octanol–water partition coefficient (Wildman–Crippen LogP) is 20.3. The summed E-state index contributed by atoms with van der Waals surface area (Å²) in [6.45, 7) is 6.43. The molecule has 1 atom stereocenters. The van der Waals surface area contributed by atoms with Gasteiger partial charge in [0.25, 0.3) is 0 Å². The lowest BCUT2D eigenvalue weighted by Gasteiger charge is -2.18. The standard InChI is InChI=1S/C66H110O6/c1-4-7-10-13-16-18-20-22-24-26-28-29-30-31-32-33-34-35-36-37-39-40-42-44-46-48-50-53-56-59-65(68)71-62-63(61-70-64(67)58-55-52-15-12-9-6-3)72-66(69)60-57-54-51-49-47-45-43-41-38-27-25-23-21-19-17-14-11-8-5-2/h7,10,16,18,22,24,28-29,31-32,34-35,37,39,42,44,48,50,63H,4-6,8-9,11-15,17,19-21,23,25-27,30,33,36,38,40-41,43,45-47,49,51-62H2,1-3H3/b10-7-,18-16-,24-22-,29-28-,32-31-,35-34-,39-37-,44-42-,50-48-. The molecule has 6 heteroatoms. The molecule has 0 saturated heterocycles. The van der Waals surface area contributed by atoms with E-state index in [-0.39, 0.29) is 37.5 Å².